The lowest BCUT2D eigenvalue weighted by molar-refractivity contribution is -0.142. The van der Waals surface area contributed by atoms with Crippen molar-refractivity contribution in [2.24, 2.45) is 0 Å². The lowest BCUT2D eigenvalue weighted by Crippen LogP contribution is -2.51. The number of hydrogen-bond acceptors (Lipinski definition) is 5. The van der Waals surface area contributed by atoms with E-state index in [1.165, 1.54) is 18.2 Å². The number of methoxy groups -OCH3 is 1. The van der Waals surface area contributed by atoms with Crippen molar-refractivity contribution < 1.29 is 14.6 Å². The molecule has 0 fully saturated rings. The average molecular weight is 399 g/mol. The summed E-state index contributed by atoms with van der Waals surface area (Å²) in [6.45, 7) is 5.79. The van der Waals surface area contributed by atoms with Crippen LogP contribution in [-0.2, 0) is 22.6 Å². The Hall–Kier alpha value is -2.21. The van der Waals surface area contributed by atoms with E-state index in [1.807, 2.05) is 36.4 Å². The Balaban J connectivity index is 2.24. The van der Waals surface area contributed by atoms with Crippen LogP contribution < -0.4 is 5.32 Å². The first-order chi connectivity index (χ1) is 14.0. The van der Waals surface area contributed by atoms with E-state index in [1.54, 1.807) is 6.92 Å². The van der Waals surface area contributed by atoms with Gasteiger partial charge in [0, 0.05) is 25.7 Å². The van der Waals surface area contributed by atoms with Gasteiger partial charge in [-0.3, -0.25) is 9.69 Å². The molecule has 0 radical (unpaired) electrons. The Morgan fingerprint density at radius 3 is 2.00 bits per heavy atom. The number of esters is 1. The van der Waals surface area contributed by atoms with Crippen LogP contribution in [-0.4, -0.2) is 47.8 Å². The molecule has 5 heteroatoms. The van der Waals surface area contributed by atoms with Crippen LogP contribution in [0, 0.1) is 0 Å². The summed E-state index contributed by atoms with van der Waals surface area (Å²) in [7, 11) is 1.39. The summed E-state index contributed by atoms with van der Waals surface area (Å²) < 4.78 is 4.83. The maximum Gasteiger partial charge on any atom is 0.322 e. The second-order valence-electron chi connectivity index (χ2n) is 7.45. The van der Waals surface area contributed by atoms with Crippen molar-refractivity contribution in [1.29, 1.82) is 0 Å². The third-order valence-corrected chi connectivity index (χ3v) is 5.14. The van der Waals surface area contributed by atoms with Gasteiger partial charge >= 0.3 is 5.97 Å². The van der Waals surface area contributed by atoms with Crippen molar-refractivity contribution in [2.45, 2.75) is 58.0 Å². The minimum absolute atomic E-state index is 0.137. The summed E-state index contributed by atoms with van der Waals surface area (Å²) in [6.07, 6.45) is 1.11. The van der Waals surface area contributed by atoms with Crippen LogP contribution in [0.4, 0.5) is 0 Å². The topological polar surface area (TPSA) is 61.8 Å². The first-order valence-corrected chi connectivity index (χ1v) is 10.4. The van der Waals surface area contributed by atoms with Crippen molar-refractivity contribution in [2.75, 3.05) is 13.7 Å². The SMILES string of the molecule is CCC[C@H](O)[C@@H](CN[C@@H](C)C(=O)OC)N(Cc1ccccc1)Cc1ccccc1. The standard InChI is InChI=1S/C24H34N2O3/c1-4-11-23(27)22(16-25-19(2)24(28)29-3)26(17-20-12-7-5-8-13-20)18-21-14-9-6-10-15-21/h5-10,12-15,19,22-23,25,27H,4,11,16-18H2,1-3H3/t19-,22+,23-/m0/s1. The average Bonchev–Trinajstić information content (AvgIpc) is 2.74. The number of nitrogens with zero attached hydrogens (tertiary/aromatic N) is 1. The highest BCUT2D eigenvalue weighted by Gasteiger charge is 2.27. The molecule has 0 aliphatic carbocycles. The molecule has 5 nitrogen and oxygen atoms in total. The Bertz CT molecular complexity index is 667. The van der Waals surface area contributed by atoms with Gasteiger partial charge in [0.1, 0.15) is 6.04 Å². The molecule has 0 aliphatic rings. The Labute approximate surface area is 174 Å². The maximum absolute atomic E-state index is 11.8. The third kappa shape index (κ3) is 7.61. The number of carbonyl (C=O) groups is 1. The third-order valence-electron chi connectivity index (χ3n) is 5.14. The van der Waals surface area contributed by atoms with Crippen LogP contribution in [0.5, 0.6) is 0 Å². The number of ether oxygens (including phenoxy) is 1. The molecule has 2 aromatic carbocycles. The minimum atomic E-state index is -0.496. The van der Waals surface area contributed by atoms with Crippen LogP contribution in [0.3, 0.4) is 0 Å². The van der Waals surface area contributed by atoms with Gasteiger partial charge in [-0.2, -0.15) is 0 Å². The molecule has 3 atom stereocenters. The fourth-order valence-electron chi connectivity index (χ4n) is 3.48. The molecule has 2 rings (SSSR count). The largest absolute Gasteiger partial charge is 0.468 e. The van der Waals surface area contributed by atoms with Crippen molar-refractivity contribution in [3.63, 3.8) is 0 Å². The van der Waals surface area contributed by atoms with Gasteiger partial charge in [0.2, 0.25) is 0 Å². The van der Waals surface area contributed by atoms with Gasteiger partial charge in [-0.1, -0.05) is 74.0 Å². The lowest BCUT2D eigenvalue weighted by atomic mass is 10.0. The fourth-order valence-corrected chi connectivity index (χ4v) is 3.48. The number of aliphatic hydroxyl groups is 1. The molecule has 0 bridgehead atoms. The Morgan fingerprint density at radius 2 is 1.55 bits per heavy atom. The van der Waals surface area contributed by atoms with E-state index in [0.29, 0.717) is 13.0 Å². The minimum Gasteiger partial charge on any atom is -0.468 e. The number of aliphatic hydroxyl groups excluding tert-OH is 1. The van der Waals surface area contributed by atoms with Crippen LogP contribution in [0.25, 0.3) is 0 Å². The lowest BCUT2D eigenvalue weighted by Gasteiger charge is -2.36. The number of benzene rings is 2. The van der Waals surface area contributed by atoms with E-state index in [9.17, 15) is 9.90 Å². The molecule has 2 N–H and O–H groups in total. The summed E-state index contributed by atoms with van der Waals surface area (Å²) in [6, 6.07) is 20.0. The zero-order valence-corrected chi connectivity index (χ0v) is 17.8. The molecule has 0 saturated heterocycles. The molecule has 29 heavy (non-hydrogen) atoms. The van der Waals surface area contributed by atoms with Crippen LogP contribution in [0.2, 0.25) is 0 Å². The van der Waals surface area contributed by atoms with Crippen LogP contribution >= 0.6 is 0 Å². The second kappa shape index (κ2) is 12.4. The van der Waals surface area contributed by atoms with Gasteiger partial charge in [-0.25, -0.2) is 0 Å². The fraction of sp³-hybridized carbons (Fsp3) is 0.458. The van der Waals surface area contributed by atoms with E-state index >= 15 is 0 Å². The molecule has 0 spiro atoms. The molecule has 0 saturated carbocycles. The Morgan fingerprint density at radius 1 is 1.03 bits per heavy atom. The zero-order valence-electron chi connectivity index (χ0n) is 17.8. The summed E-state index contributed by atoms with van der Waals surface area (Å²) >= 11 is 0. The van der Waals surface area contributed by atoms with Crippen LogP contribution in [0.15, 0.2) is 60.7 Å². The number of nitrogens with one attached hydrogen (secondary N) is 1. The molecule has 0 unspecified atom stereocenters. The summed E-state index contributed by atoms with van der Waals surface area (Å²) in [4.78, 5) is 14.1. The molecule has 2 aromatic rings. The molecule has 0 heterocycles. The van der Waals surface area contributed by atoms with Crippen molar-refractivity contribution in [3.8, 4) is 0 Å². The van der Waals surface area contributed by atoms with E-state index in [2.05, 4.69) is 41.4 Å². The number of carbonyl (C=O) groups excluding carboxylic acids is 1. The van der Waals surface area contributed by atoms with E-state index in [-0.39, 0.29) is 12.0 Å². The second-order valence-corrected chi connectivity index (χ2v) is 7.45. The highest BCUT2D eigenvalue weighted by atomic mass is 16.5. The van der Waals surface area contributed by atoms with Crippen molar-refractivity contribution in [3.05, 3.63) is 71.8 Å². The normalized spacial score (nSPS) is 14.4. The molecular weight excluding hydrogens is 364 g/mol. The first kappa shape index (κ1) is 23.1. The van der Waals surface area contributed by atoms with Crippen LogP contribution in [0.1, 0.15) is 37.8 Å². The summed E-state index contributed by atoms with van der Waals surface area (Å²) in [5.41, 5.74) is 2.39. The van der Waals surface area contributed by atoms with Gasteiger partial charge in [0.25, 0.3) is 0 Å². The molecule has 158 valence electrons. The van der Waals surface area contributed by atoms with E-state index in [4.69, 9.17) is 4.74 Å². The van der Waals surface area contributed by atoms with Gasteiger partial charge in [-0.05, 0) is 24.5 Å². The van der Waals surface area contributed by atoms with Gasteiger partial charge < -0.3 is 15.2 Å². The first-order valence-electron chi connectivity index (χ1n) is 10.4. The highest BCUT2D eigenvalue weighted by molar-refractivity contribution is 5.75. The molecule has 0 aromatic heterocycles. The monoisotopic (exact) mass is 398 g/mol. The molecule has 0 aliphatic heterocycles. The summed E-state index contributed by atoms with van der Waals surface area (Å²) in [5, 5.41) is 14.2. The van der Waals surface area contributed by atoms with Gasteiger partial charge in [-0.15, -0.1) is 0 Å². The van der Waals surface area contributed by atoms with Gasteiger partial charge in [0.15, 0.2) is 0 Å². The molecule has 0 amide bonds. The predicted molar refractivity (Wildman–Crippen MR) is 116 cm³/mol. The molecular formula is C24H34N2O3. The quantitative estimate of drug-likeness (QED) is 0.537. The Kier molecular flexibility index (Phi) is 9.84. The predicted octanol–water partition coefficient (Wildman–Crippen LogP) is 3.37. The van der Waals surface area contributed by atoms with Gasteiger partial charge in [0.05, 0.1) is 13.2 Å². The maximum atomic E-state index is 11.8. The number of rotatable bonds is 12. The van der Waals surface area contributed by atoms with E-state index in [0.717, 1.165) is 19.5 Å². The van der Waals surface area contributed by atoms with Crippen molar-refractivity contribution >= 4 is 5.97 Å². The highest BCUT2D eigenvalue weighted by Crippen LogP contribution is 2.18. The van der Waals surface area contributed by atoms with Crippen molar-refractivity contribution in [1.82, 2.24) is 10.2 Å². The van der Waals surface area contributed by atoms with E-state index < -0.39 is 12.1 Å². The smallest absolute Gasteiger partial charge is 0.322 e. The zero-order chi connectivity index (χ0) is 21.1. The summed E-state index contributed by atoms with van der Waals surface area (Å²) in [5.74, 6) is -0.300. The number of hydrogen-bond donors (Lipinski definition) is 2.